The van der Waals surface area contributed by atoms with Gasteiger partial charge in [-0.2, -0.15) is 5.26 Å². The average Bonchev–Trinajstić information content (AvgIpc) is 2.64. The molecule has 2 saturated heterocycles. The Morgan fingerprint density at radius 1 is 1.25 bits per heavy atom. The number of likely N-dealkylation sites (tertiary alicyclic amines) is 1. The Labute approximate surface area is 141 Å². The molecule has 2 heterocycles. The first kappa shape index (κ1) is 16.5. The van der Waals surface area contributed by atoms with Gasteiger partial charge in [0.05, 0.1) is 12.7 Å². The van der Waals surface area contributed by atoms with Gasteiger partial charge in [-0.1, -0.05) is 30.3 Å². The van der Waals surface area contributed by atoms with Gasteiger partial charge in [0.1, 0.15) is 12.6 Å². The van der Waals surface area contributed by atoms with Gasteiger partial charge in [-0.3, -0.25) is 9.59 Å². The first-order valence-corrected chi connectivity index (χ1v) is 8.28. The number of carbonyl (C=O) groups is 2. The van der Waals surface area contributed by atoms with E-state index < -0.39 is 6.04 Å². The van der Waals surface area contributed by atoms with Crippen LogP contribution in [0.15, 0.2) is 30.3 Å². The molecule has 0 spiro atoms. The number of benzene rings is 1. The minimum atomic E-state index is -0.579. The lowest BCUT2D eigenvalue weighted by atomic mass is 9.98. The van der Waals surface area contributed by atoms with Crippen LogP contribution in [0, 0.1) is 17.2 Å². The molecule has 2 fully saturated rings. The van der Waals surface area contributed by atoms with Crippen molar-refractivity contribution in [2.75, 3.05) is 26.3 Å². The van der Waals surface area contributed by atoms with E-state index in [0.29, 0.717) is 32.5 Å². The second-order valence-corrected chi connectivity index (χ2v) is 6.27. The number of hydrogen-bond donors (Lipinski definition) is 0. The Morgan fingerprint density at radius 2 is 1.96 bits per heavy atom. The maximum atomic E-state index is 12.9. The Balaban J connectivity index is 1.70. The maximum absolute atomic E-state index is 12.9. The van der Waals surface area contributed by atoms with Crippen molar-refractivity contribution in [3.8, 4) is 6.07 Å². The third-order valence-corrected chi connectivity index (χ3v) is 4.67. The van der Waals surface area contributed by atoms with Gasteiger partial charge < -0.3 is 14.5 Å². The molecule has 0 radical (unpaired) electrons. The van der Waals surface area contributed by atoms with E-state index in [1.54, 1.807) is 9.80 Å². The number of nitrogens with zero attached hydrogens (tertiary/aromatic N) is 3. The van der Waals surface area contributed by atoms with Gasteiger partial charge in [-0.15, -0.1) is 0 Å². The summed E-state index contributed by atoms with van der Waals surface area (Å²) < 4.78 is 5.33. The zero-order valence-corrected chi connectivity index (χ0v) is 13.6. The smallest absolute Gasteiger partial charge is 0.249 e. The molecule has 0 saturated carbocycles. The Hall–Kier alpha value is -2.39. The van der Waals surface area contributed by atoms with Gasteiger partial charge in [0, 0.05) is 25.6 Å². The molecule has 1 aromatic carbocycles. The summed E-state index contributed by atoms with van der Waals surface area (Å²) in [5.74, 6) is -0.204. The van der Waals surface area contributed by atoms with Crippen LogP contribution < -0.4 is 0 Å². The lowest BCUT2D eigenvalue weighted by molar-refractivity contribution is -0.160. The average molecular weight is 327 g/mol. The van der Waals surface area contributed by atoms with E-state index in [4.69, 9.17) is 10.00 Å². The molecular weight excluding hydrogens is 306 g/mol. The van der Waals surface area contributed by atoms with Crippen LogP contribution in [0.5, 0.6) is 0 Å². The number of hydrogen-bond acceptors (Lipinski definition) is 4. The largest absolute Gasteiger partial charge is 0.369 e. The predicted molar refractivity (Wildman–Crippen MR) is 86.5 cm³/mol. The lowest BCUT2D eigenvalue weighted by Gasteiger charge is -2.39. The van der Waals surface area contributed by atoms with Crippen LogP contribution in [0.3, 0.4) is 0 Å². The monoisotopic (exact) mass is 327 g/mol. The molecule has 6 nitrogen and oxygen atoms in total. The molecule has 2 amide bonds. The number of nitriles is 1. The molecule has 1 atom stereocenters. The summed E-state index contributed by atoms with van der Waals surface area (Å²) in [6.45, 7) is 1.80. The molecule has 0 aromatic heterocycles. The summed E-state index contributed by atoms with van der Waals surface area (Å²) in [5, 5.41) is 8.98. The van der Waals surface area contributed by atoms with E-state index in [1.807, 2.05) is 30.3 Å². The van der Waals surface area contributed by atoms with Crippen molar-refractivity contribution in [1.29, 1.82) is 5.26 Å². The van der Waals surface area contributed by atoms with Gasteiger partial charge in [-0.05, 0) is 18.4 Å². The summed E-state index contributed by atoms with van der Waals surface area (Å²) in [5.41, 5.74) is 0.994. The molecule has 2 aliphatic heterocycles. The van der Waals surface area contributed by atoms with Crippen LogP contribution in [-0.4, -0.2) is 54.0 Å². The van der Waals surface area contributed by atoms with Gasteiger partial charge in [0.15, 0.2) is 0 Å². The first-order chi connectivity index (χ1) is 11.7. The number of morpholine rings is 1. The molecule has 6 heteroatoms. The molecule has 126 valence electrons. The SMILES string of the molecule is N#CC1CCN(C(=O)C2COCC(=O)N2Cc2ccccc2)CC1. The summed E-state index contributed by atoms with van der Waals surface area (Å²) in [6.07, 6.45) is 1.39. The molecule has 1 aromatic rings. The summed E-state index contributed by atoms with van der Waals surface area (Å²) >= 11 is 0. The van der Waals surface area contributed by atoms with E-state index in [2.05, 4.69) is 6.07 Å². The molecule has 0 aliphatic carbocycles. The van der Waals surface area contributed by atoms with Crippen LogP contribution in [0.25, 0.3) is 0 Å². The summed E-state index contributed by atoms with van der Waals surface area (Å²) in [6, 6.07) is 11.3. The van der Waals surface area contributed by atoms with Crippen LogP contribution in [-0.2, 0) is 20.9 Å². The maximum Gasteiger partial charge on any atom is 0.249 e. The van der Waals surface area contributed by atoms with Crippen LogP contribution >= 0.6 is 0 Å². The minimum Gasteiger partial charge on any atom is -0.369 e. The highest BCUT2D eigenvalue weighted by atomic mass is 16.5. The highest BCUT2D eigenvalue weighted by molar-refractivity contribution is 5.89. The van der Waals surface area contributed by atoms with E-state index in [0.717, 1.165) is 5.56 Å². The molecule has 0 N–H and O–H groups in total. The molecule has 3 rings (SSSR count). The van der Waals surface area contributed by atoms with Gasteiger partial charge in [0.2, 0.25) is 11.8 Å². The lowest BCUT2D eigenvalue weighted by Crippen LogP contribution is -2.57. The van der Waals surface area contributed by atoms with Crippen molar-refractivity contribution in [1.82, 2.24) is 9.80 Å². The first-order valence-electron chi connectivity index (χ1n) is 8.28. The minimum absolute atomic E-state index is 0.0210. The zero-order chi connectivity index (χ0) is 16.9. The van der Waals surface area contributed by atoms with Crippen molar-refractivity contribution in [3.63, 3.8) is 0 Å². The highest BCUT2D eigenvalue weighted by Gasteiger charge is 2.37. The van der Waals surface area contributed by atoms with Crippen molar-refractivity contribution in [2.45, 2.75) is 25.4 Å². The Morgan fingerprint density at radius 3 is 2.62 bits per heavy atom. The molecule has 2 aliphatic rings. The standard InChI is InChI=1S/C18H21N3O3/c19-10-14-6-8-20(9-7-14)18(23)16-12-24-13-17(22)21(16)11-15-4-2-1-3-5-15/h1-5,14,16H,6-9,11-13H2. The van der Waals surface area contributed by atoms with Crippen LogP contribution in [0.1, 0.15) is 18.4 Å². The molecule has 0 bridgehead atoms. The molecule has 1 unspecified atom stereocenters. The number of rotatable bonds is 3. The third kappa shape index (κ3) is 3.57. The fourth-order valence-corrected chi connectivity index (χ4v) is 3.23. The van der Waals surface area contributed by atoms with Crippen molar-refractivity contribution < 1.29 is 14.3 Å². The topological polar surface area (TPSA) is 73.6 Å². The van der Waals surface area contributed by atoms with Gasteiger partial charge >= 0.3 is 0 Å². The summed E-state index contributed by atoms with van der Waals surface area (Å²) in [7, 11) is 0. The van der Waals surface area contributed by atoms with Crippen LogP contribution in [0.4, 0.5) is 0 Å². The van der Waals surface area contributed by atoms with E-state index in [-0.39, 0.29) is 30.9 Å². The Bertz CT molecular complexity index is 633. The quantitative estimate of drug-likeness (QED) is 0.835. The van der Waals surface area contributed by atoms with E-state index in [9.17, 15) is 9.59 Å². The van der Waals surface area contributed by atoms with E-state index >= 15 is 0 Å². The second kappa shape index (κ2) is 7.45. The normalized spacial score (nSPS) is 22.3. The van der Waals surface area contributed by atoms with Crippen molar-refractivity contribution in [2.24, 2.45) is 5.92 Å². The van der Waals surface area contributed by atoms with Gasteiger partial charge in [-0.25, -0.2) is 0 Å². The Kier molecular flexibility index (Phi) is 5.11. The van der Waals surface area contributed by atoms with Crippen LogP contribution in [0.2, 0.25) is 0 Å². The number of amides is 2. The number of carbonyl (C=O) groups excluding carboxylic acids is 2. The van der Waals surface area contributed by atoms with Crippen molar-refractivity contribution >= 4 is 11.8 Å². The zero-order valence-electron chi connectivity index (χ0n) is 13.6. The summed E-state index contributed by atoms with van der Waals surface area (Å²) in [4.78, 5) is 28.5. The predicted octanol–water partition coefficient (Wildman–Crippen LogP) is 1.18. The van der Waals surface area contributed by atoms with Gasteiger partial charge in [0.25, 0.3) is 0 Å². The molecule has 24 heavy (non-hydrogen) atoms. The number of ether oxygens (including phenoxy) is 1. The molecular formula is C18H21N3O3. The third-order valence-electron chi connectivity index (χ3n) is 4.67. The van der Waals surface area contributed by atoms with Crippen molar-refractivity contribution in [3.05, 3.63) is 35.9 Å². The fraction of sp³-hybridized carbons (Fsp3) is 0.500. The second-order valence-electron chi connectivity index (χ2n) is 6.27. The highest BCUT2D eigenvalue weighted by Crippen LogP contribution is 2.20. The fourth-order valence-electron chi connectivity index (χ4n) is 3.23. The van der Waals surface area contributed by atoms with E-state index in [1.165, 1.54) is 0 Å². The number of piperidine rings is 1.